The van der Waals surface area contributed by atoms with E-state index in [9.17, 15) is 4.79 Å². The van der Waals surface area contributed by atoms with E-state index in [1.165, 1.54) is 0 Å². The summed E-state index contributed by atoms with van der Waals surface area (Å²) in [6, 6.07) is 0. The Morgan fingerprint density at radius 3 is 2.75 bits per heavy atom. The Balaban J connectivity index is 2.58. The summed E-state index contributed by atoms with van der Waals surface area (Å²) in [6.45, 7) is 7.37. The van der Waals surface area contributed by atoms with E-state index in [1.54, 1.807) is 0 Å². The molecule has 1 atom stereocenters. The van der Waals surface area contributed by atoms with Crippen LogP contribution in [0.5, 0.6) is 0 Å². The standard InChI is InChI=1S/C9H13ClO2/c1-6(10)4-7-5-9(2,3)12-8(7)11/h7H,1,4-5H2,2-3H3. The third kappa shape index (κ3) is 2.24. The first-order chi connectivity index (χ1) is 5.41. The summed E-state index contributed by atoms with van der Waals surface area (Å²) in [5.74, 6) is -0.244. The number of halogens is 1. The zero-order valence-electron chi connectivity index (χ0n) is 7.39. The van der Waals surface area contributed by atoms with Gasteiger partial charge in [0.05, 0.1) is 5.92 Å². The zero-order valence-corrected chi connectivity index (χ0v) is 8.15. The predicted molar refractivity (Wildman–Crippen MR) is 47.9 cm³/mol. The normalized spacial score (nSPS) is 26.9. The molecule has 0 aromatic rings. The van der Waals surface area contributed by atoms with Crippen molar-refractivity contribution in [1.82, 2.24) is 0 Å². The monoisotopic (exact) mass is 188 g/mol. The van der Waals surface area contributed by atoms with Crippen molar-refractivity contribution in [2.24, 2.45) is 5.92 Å². The van der Waals surface area contributed by atoms with Gasteiger partial charge in [-0.2, -0.15) is 0 Å². The molecule has 3 heteroatoms. The fourth-order valence-electron chi connectivity index (χ4n) is 1.50. The minimum absolute atomic E-state index is 0.0926. The van der Waals surface area contributed by atoms with Crippen molar-refractivity contribution in [1.29, 1.82) is 0 Å². The van der Waals surface area contributed by atoms with Crippen LogP contribution in [0.1, 0.15) is 26.7 Å². The van der Waals surface area contributed by atoms with Gasteiger partial charge in [-0.05, 0) is 20.3 Å². The molecule has 1 aliphatic rings. The average molecular weight is 189 g/mol. The number of rotatable bonds is 2. The molecule has 1 aliphatic heterocycles. The van der Waals surface area contributed by atoms with Crippen molar-refractivity contribution < 1.29 is 9.53 Å². The van der Waals surface area contributed by atoms with Gasteiger partial charge in [0.15, 0.2) is 0 Å². The first kappa shape index (κ1) is 9.59. The van der Waals surface area contributed by atoms with Gasteiger partial charge in [0.1, 0.15) is 5.60 Å². The highest BCUT2D eigenvalue weighted by Gasteiger charge is 2.39. The minimum atomic E-state index is -0.325. The summed E-state index contributed by atoms with van der Waals surface area (Å²) >= 11 is 5.61. The third-order valence-corrected chi connectivity index (χ3v) is 2.07. The third-order valence-electron chi connectivity index (χ3n) is 1.92. The quantitative estimate of drug-likeness (QED) is 0.623. The summed E-state index contributed by atoms with van der Waals surface area (Å²) < 4.78 is 5.12. The Morgan fingerprint density at radius 1 is 1.83 bits per heavy atom. The lowest BCUT2D eigenvalue weighted by atomic mass is 9.95. The van der Waals surface area contributed by atoms with Crippen molar-refractivity contribution in [3.63, 3.8) is 0 Å². The molecule has 1 fully saturated rings. The molecule has 0 aromatic heterocycles. The van der Waals surface area contributed by atoms with E-state index in [1.807, 2.05) is 13.8 Å². The van der Waals surface area contributed by atoms with E-state index in [2.05, 4.69) is 6.58 Å². The number of hydrogen-bond donors (Lipinski definition) is 0. The molecule has 0 bridgehead atoms. The van der Waals surface area contributed by atoms with Crippen LogP contribution >= 0.6 is 11.6 Å². The number of allylic oxidation sites excluding steroid dienone is 1. The van der Waals surface area contributed by atoms with Gasteiger partial charge in [-0.15, -0.1) is 0 Å². The molecule has 1 rings (SSSR count). The van der Waals surface area contributed by atoms with E-state index < -0.39 is 0 Å². The maximum absolute atomic E-state index is 11.2. The molecule has 1 heterocycles. The van der Waals surface area contributed by atoms with Gasteiger partial charge in [0.25, 0.3) is 0 Å². The maximum Gasteiger partial charge on any atom is 0.309 e. The van der Waals surface area contributed by atoms with Crippen LogP contribution in [0.4, 0.5) is 0 Å². The molecule has 0 spiro atoms. The zero-order chi connectivity index (χ0) is 9.35. The Bertz CT molecular complexity index is 221. The molecule has 12 heavy (non-hydrogen) atoms. The Morgan fingerprint density at radius 2 is 2.42 bits per heavy atom. The molecule has 2 nitrogen and oxygen atoms in total. The molecule has 0 amide bonds. The van der Waals surface area contributed by atoms with Crippen LogP contribution < -0.4 is 0 Å². The molecule has 0 aromatic carbocycles. The van der Waals surface area contributed by atoms with Gasteiger partial charge in [0, 0.05) is 11.5 Å². The highest BCUT2D eigenvalue weighted by molar-refractivity contribution is 6.29. The summed E-state index contributed by atoms with van der Waals surface area (Å²) in [6.07, 6.45) is 1.27. The SMILES string of the molecule is C=C(Cl)CC1CC(C)(C)OC1=O. The summed E-state index contributed by atoms with van der Waals surface area (Å²) in [5.41, 5.74) is -0.325. The fraction of sp³-hybridized carbons (Fsp3) is 0.667. The van der Waals surface area contributed by atoms with Crippen LogP contribution in [-0.2, 0) is 9.53 Å². The van der Waals surface area contributed by atoms with Crippen LogP contribution in [0, 0.1) is 5.92 Å². The maximum atomic E-state index is 11.2. The first-order valence-electron chi connectivity index (χ1n) is 3.97. The second-order valence-electron chi connectivity index (χ2n) is 3.80. The van der Waals surface area contributed by atoms with Gasteiger partial charge < -0.3 is 4.74 Å². The summed E-state index contributed by atoms with van der Waals surface area (Å²) in [4.78, 5) is 11.2. The lowest BCUT2D eigenvalue weighted by molar-refractivity contribution is -0.148. The summed E-state index contributed by atoms with van der Waals surface area (Å²) in [5, 5.41) is 0.523. The summed E-state index contributed by atoms with van der Waals surface area (Å²) in [7, 11) is 0. The lowest BCUT2D eigenvalue weighted by Crippen LogP contribution is -2.17. The van der Waals surface area contributed by atoms with Gasteiger partial charge in [0.2, 0.25) is 0 Å². The van der Waals surface area contributed by atoms with Crippen LogP contribution in [0.3, 0.4) is 0 Å². The highest BCUT2D eigenvalue weighted by Crippen LogP contribution is 2.34. The fourth-order valence-corrected chi connectivity index (χ4v) is 1.68. The molecular formula is C9H13ClO2. The number of hydrogen-bond acceptors (Lipinski definition) is 2. The van der Waals surface area contributed by atoms with Gasteiger partial charge in [-0.25, -0.2) is 0 Å². The van der Waals surface area contributed by atoms with Gasteiger partial charge in [-0.1, -0.05) is 18.2 Å². The molecule has 1 unspecified atom stereocenters. The molecule has 0 saturated carbocycles. The molecule has 0 N–H and O–H groups in total. The Hall–Kier alpha value is -0.500. The number of esters is 1. The van der Waals surface area contributed by atoms with E-state index >= 15 is 0 Å². The Kier molecular flexibility index (Phi) is 2.47. The van der Waals surface area contributed by atoms with Crippen molar-refractivity contribution in [3.8, 4) is 0 Å². The molecule has 0 radical (unpaired) electrons. The average Bonchev–Trinajstić information content (AvgIpc) is 2.03. The number of cyclic esters (lactones) is 1. The number of carbonyl (C=O) groups excluding carboxylic acids is 1. The number of carbonyl (C=O) groups is 1. The highest BCUT2D eigenvalue weighted by atomic mass is 35.5. The molecular weight excluding hydrogens is 176 g/mol. The van der Waals surface area contributed by atoms with Crippen LogP contribution in [0.15, 0.2) is 11.6 Å². The second-order valence-corrected chi connectivity index (χ2v) is 4.34. The van der Waals surface area contributed by atoms with Crippen molar-refractivity contribution in [3.05, 3.63) is 11.6 Å². The second kappa shape index (κ2) is 3.09. The smallest absolute Gasteiger partial charge is 0.309 e. The lowest BCUT2D eigenvalue weighted by Gasteiger charge is -2.14. The molecule has 0 aliphatic carbocycles. The minimum Gasteiger partial charge on any atom is -0.459 e. The number of ether oxygens (including phenoxy) is 1. The van der Waals surface area contributed by atoms with E-state index in [0.29, 0.717) is 11.5 Å². The first-order valence-corrected chi connectivity index (χ1v) is 4.35. The Labute approximate surface area is 77.5 Å². The topological polar surface area (TPSA) is 26.3 Å². The predicted octanol–water partition coefficient (Wildman–Crippen LogP) is 2.47. The van der Waals surface area contributed by atoms with E-state index in [-0.39, 0.29) is 17.5 Å². The van der Waals surface area contributed by atoms with Crippen LogP contribution in [0.2, 0.25) is 0 Å². The van der Waals surface area contributed by atoms with Crippen molar-refractivity contribution in [2.75, 3.05) is 0 Å². The van der Waals surface area contributed by atoms with E-state index in [0.717, 1.165) is 6.42 Å². The van der Waals surface area contributed by atoms with Crippen LogP contribution in [-0.4, -0.2) is 11.6 Å². The van der Waals surface area contributed by atoms with Crippen molar-refractivity contribution in [2.45, 2.75) is 32.3 Å². The van der Waals surface area contributed by atoms with Gasteiger partial charge in [-0.3, -0.25) is 4.79 Å². The molecule has 1 saturated heterocycles. The van der Waals surface area contributed by atoms with E-state index in [4.69, 9.17) is 16.3 Å². The molecule has 68 valence electrons. The van der Waals surface area contributed by atoms with Crippen LogP contribution in [0.25, 0.3) is 0 Å². The van der Waals surface area contributed by atoms with Gasteiger partial charge >= 0.3 is 5.97 Å². The largest absolute Gasteiger partial charge is 0.459 e. The van der Waals surface area contributed by atoms with Crippen molar-refractivity contribution >= 4 is 17.6 Å².